The van der Waals surface area contributed by atoms with Crippen molar-refractivity contribution in [2.75, 3.05) is 14.2 Å². The number of carbonyl (C=O) groups is 1. The minimum Gasteiger partial charge on any atom is -0.493 e. The molecular formula is C19H25N3O3S. The molecule has 3 rings (SSSR count). The number of carbonyl (C=O) groups excluding carboxylic acids is 1. The summed E-state index contributed by atoms with van der Waals surface area (Å²) in [6, 6.07) is 5.73. The average Bonchev–Trinajstić information content (AvgIpc) is 3.40. The van der Waals surface area contributed by atoms with E-state index >= 15 is 0 Å². The van der Waals surface area contributed by atoms with Crippen molar-refractivity contribution in [3.05, 3.63) is 29.6 Å². The average molecular weight is 375 g/mol. The number of hydrogen-bond donors (Lipinski definition) is 0. The first-order valence-electron chi connectivity index (χ1n) is 8.84. The summed E-state index contributed by atoms with van der Waals surface area (Å²) in [6.07, 6.45) is 2.31. The summed E-state index contributed by atoms with van der Waals surface area (Å²) in [6.45, 7) is 6.15. The second-order valence-corrected chi connectivity index (χ2v) is 8.10. The number of aromatic nitrogens is 3. The molecule has 6 nitrogen and oxygen atoms in total. The van der Waals surface area contributed by atoms with E-state index in [4.69, 9.17) is 9.47 Å². The molecule has 1 fully saturated rings. The number of thioether (sulfide) groups is 1. The summed E-state index contributed by atoms with van der Waals surface area (Å²) in [4.78, 5) is 12.9. The summed E-state index contributed by atoms with van der Waals surface area (Å²) in [5.74, 6) is 2.51. The van der Waals surface area contributed by atoms with Crippen LogP contribution in [0, 0.1) is 0 Å². The standard InChI is InChI=1S/C19H25N3O3S/c1-11(2)18-20-21-19(22(18)14-7-8-14)26-12(3)17(23)13-6-9-15(24-4)16(10-13)25-5/h6,9-12,14H,7-8H2,1-5H3/t12-/m0/s1. The van der Waals surface area contributed by atoms with Crippen molar-refractivity contribution in [3.63, 3.8) is 0 Å². The summed E-state index contributed by atoms with van der Waals surface area (Å²) in [5, 5.41) is 9.27. The van der Waals surface area contributed by atoms with Crippen LogP contribution in [0.3, 0.4) is 0 Å². The van der Waals surface area contributed by atoms with Crippen molar-refractivity contribution in [2.45, 2.75) is 56.0 Å². The number of Topliss-reactive ketones (excluding diaryl/α,β-unsaturated/α-hetero) is 1. The summed E-state index contributed by atoms with van der Waals surface area (Å²) < 4.78 is 12.8. The largest absolute Gasteiger partial charge is 0.493 e. The monoisotopic (exact) mass is 375 g/mol. The van der Waals surface area contributed by atoms with Gasteiger partial charge in [-0.3, -0.25) is 4.79 Å². The Kier molecular flexibility index (Phi) is 5.55. The highest BCUT2D eigenvalue weighted by Gasteiger charge is 2.32. The highest BCUT2D eigenvalue weighted by molar-refractivity contribution is 8.00. The Morgan fingerprint density at radius 3 is 2.42 bits per heavy atom. The van der Waals surface area contributed by atoms with Crippen LogP contribution in [0.25, 0.3) is 0 Å². The number of methoxy groups -OCH3 is 2. The fourth-order valence-corrected chi connectivity index (χ4v) is 3.88. The molecule has 1 aliphatic carbocycles. The molecule has 1 aromatic heterocycles. The first-order valence-corrected chi connectivity index (χ1v) is 9.71. The van der Waals surface area contributed by atoms with Crippen LogP contribution in [0.15, 0.2) is 23.4 Å². The molecule has 140 valence electrons. The molecule has 7 heteroatoms. The quantitative estimate of drug-likeness (QED) is 0.511. The van der Waals surface area contributed by atoms with Gasteiger partial charge in [-0.05, 0) is 38.0 Å². The van der Waals surface area contributed by atoms with Crippen molar-refractivity contribution in [3.8, 4) is 11.5 Å². The van der Waals surface area contributed by atoms with E-state index < -0.39 is 0 Å². The Labute approximate surface area is 158 Å². The lowest BCUT2D eigenvalue weighted by Gasteiger charge is -2.14. The molecule has 0 spiro atoms. The van der Waals surface area contributed by atoms with E-state index in [9.17, 15) is 4.79 Å². The predicted molar refractivity (Wildman–Crippen MR) is 102 cm³/mol. The fraction of sp³-hybridized carbons (Fsp3) is 0.526. The molecule has 1 saturated carbocycles. The van der Waals surface area contributed by atoms with Gasteiger partial charge in [-0.25, -0.2) is 0 Å². The molecule has 0 unspecified atom stereocenters. The minimum atomic E-state index is -0.269. The molecule has 0 amide bonds. The number of hydrogen-bond acceptors (Lipinski definition) is 6. The summed E-state index contributed by atoms with van der Waals surface area (Å²) in [5.41, 5.74) is 0.601. The molecule has 26 heavy (non-hydrogen) atoms. The third-order valence-corrected chi connectivity index (χ3v) is 5.50. The second-order valence-electron chi connectivity index (χ2n) is 6.79. The molecule has 0 aliphatic heterocycles. The molecule has 0 N–H and O–H groups in total. The number of nitrogens with zero attached hydrogens (tertiary/aromatic N) is 3. The van der Waals surface area contributed by atoms with E-state index in [1.807, 2.05) is 6.92 Å². The lowest BCUT2D eigenvalue weighted by Crippen LogP contribution is -2.15. The SMILES string of the molecule is COc1ccc(C(=O)[C@H](C)Sc2nnc(C(C)C)n2C2CC2)cc1OC. The Balaban J connectivity index is 1.80. The zero-order valence-electron chi connectivity index (χ0n) is 15.9. The third-order valence-electron chi connectivity index (χ3n) is 4.44. The Bertz CT molecular complexity index is 799. The molecule has 1 aromatic carbocycles. The van der Waals surface area contributed by atoms with Gasteiger partial charge in [-0.2, -0.15) is 0 Å². The number of ketones is 1. The van der Waals surface area contributed by atoms with E-state index in [1.54, 1.807) is 32.4 Å². The molecule has 1 atom stereocenters. The second kappa shape index (κ2) is 7.70. The van der Waals surface area contributed by atoms with Gasteiger partial charge in [0.25, 0.3) is 0 Å². The number of ether oxygens (including phenoxy) is 2. The van der Waals surface area contributed by atoms with Crippen LogP contribution < -0.4 is 9.47 Å². The van der Waals surface area contributed by atoms with Gasteiger partial charge < -0.3 is 14.0 Å². The van der Waals surface area contributed by atoms with Crippen LogP contribution in [0.1, 0.15) is 61.8 Å². The van der Waals surface area contributed by atoms with Crippen LogP contribution in [0.2, 0.25) is 0 Å². The van der Waals surface area contributed by atoms with E-state index in [2.05, 4.69) is 28.6 Å². The Morgan fingerprint density at radius 2 is 1.85 bits per heavy atom. The van der Waals surface area contributed by atoms with Gasteiger partial charge in [-0.15, -0.1) is 10.2 Å². The van der Waals surface area contributed by atoms with Crippen LogP contribution >= 0.6 is 11.8 Å². The van der Waals surface area contributed by atoms with Gasteiger partial charge in [0.05, 0.1) is 19.5 Å². The normalized spacial score (nSPS) is 15.2. The maximum atomic E-state index is 12.9. The fourth-order valence-electron chi connectivity index (χ4n) is 2.87. The molecule has 1 heterocycles. The summed E-state index contributed by atoms with van der Waals surface area (Å²) >= 11 is 1.47. The van der Waals surface area contributed by atoms with Gasteiger partial charge in [0.1, 0.15) is 5.82 Å². The lowest BCUT2D eigenvalue weighted by molar-refractivity contribution is 0.0993. The number of benzene rings is 1. The molecule has 0 bridgehead atoms. The van der Waals surface area contributed by atoms with Crippen LogP contribution in [-0.2, 0) is 0 Å². The highest BCUT2D eigenvalue weighted by Crippen LogP contribution is 2.41. The van der Waals surface area contributed by atoms with E-state index in [-0.39, 0.29) is 11.0 Å². The molecule has 1 aliphatic rings. The highest BCUT2D eigenvalue weighted by atomic mass is 32.2. The van der Waals surface area contributed by atoms with E-state index in [0.29, 0.717) is 29.0 Å². The zero-order chi connectivity index (χ0) is 18.8. The first-order chi connectivity index (χ1) is 12.5. The van der Waals surface area contributed by atoms with Gasteiger partial charge in [0, 0.05) is 17.5 Å². The lowest BCUT2D eigenvalue weighted by atomic mass is 10.1. The van der Waals surface area contributed by atoms with Crippen molar-refractivity contribution in [2.24, 2.45) is 0 Å². The van der Waals surface area contributed by atoms with Crippen molar-refractivity contribution >= 4 is 17.5 Å². The Hall–Kier alpha value is -2.02. The van der Waals surface area contributed by atoms with Crippen LogP contribution in [0.5, 0.6) is 11.5 Å². The topological polar surface area (TPSA) is 66.2 Å². The Morgan fingerprint density at radius 1 is 1.15 bits per heavy atom. The molecule has 0 radical (unpaired) electrons. The van der Waals surface area contributed by atoms with Crippen LogP contribution in [-0.4, -0.2) is 40.0 Å². The maximum absolute atomic E-state index is 12.9. The summed E-state index contributed by atoms with van der Waals surface area (Å²) in [7, 11) is 3.14. The van der Waals surface area contributed by atoms with Crippen molar-refractivity contribution in [1.82, 2.24) is 14.8 Å². The van der Waals surface area contributed by atoms with E-state index in [0.717, 1.165) is 23.8 Å². The zero-order valence-corrected chi connectivity index (χ0v) is 16.7. The smallest absolute Gasteiger partial charge is 0.192 e. The minimum absolute atomic E-state index is 0.0346. The predicted octanol–water partition coefficient (Wildman–Crippen LogP) is 4.12. The van der Waals surface area contributed by atoms with Gasteiger partial charge in [-0.1, -0.05) is 25.6 Å². The van der Waals surface area contributed by atoms with Gasteiger partial charge in [0.15, 0.2) is 22.4 Å². The molecular weight excluding hydrogens is 350 g/mol. The molecule has 2 aromatic rings. The first kappa shape index (κ1) is 18.8. The van der Waals surface area contributed by atoms with Gasteiger partial charge in [0.2, 0.25) is 0 Å². The van der Waals surface area contributed by atoms with Crippen molar-refractivity contribution in [1.29, 1.82) is 0 Å². The van der Waals surface area contributed by atoms with E-state index in [1.165, 1.54) is 11.8 Å². The maximum Gasteiger partial charge on any atom is 0.192 e. The number of rotatable bonds is 8. The third kappa shape index (κ3) is 3.72. The van der Waals surface area contributed by atoms with Crippen molar-refractivity contribution < 1.29 is 14.3 Å². The van der Waals surface area contributed by atoms with Crippen LogP contribution in [0.4, 0.5) is 0 Å². The van der Waals surface area contributed by atoms with Gasteiger partial charge >= 0.3 is 0 Å². The molecule has 0 saturated heterocycles.